The monoisotopic (exact) mass is 367 g/mol. The summed E-state index contributed by atoms with van der Waals surface area (Å²) in [7, 11) is -0.799. The number of halogens is 1. The minimum Gasteiger partial charge on any atom is -0.369 e. The van der Waals surface area contributed by atoms with Gasteiger partial charge in [-0.3, -0.25) is 4.31 Å². The lowest BCUT2D eigenvalue weighted by Crippen LogP contribution is -2.50. The largest absolute Gasteiger partial charge is 0.369 e. The third-order valence-corrected chi connectivity index (χ3v) is 7.76. The maximum Gasteiger partial charge on any atom is 0.203 e. The number of aliphatic imine (C=N–C) groups is 1. The smallest absolute Gasteiger partial charge is 0.203 e. The zero-order valence-electron chi connectivity index (χ0n) is 13.0. The Morgan fingerprint density at radius 2 is 2.17 bits per heavy atom. The first-order chi connectivity index (χ1) is 10.7. The Morgan fingerprint density at radius 3 is 2.83 bits per heavy atom. The van der Waals surface area contributed by atoms with E-state index in [0.29, 0.717) is 10.8 Å². The van der Waals surface area contributed by atoms with E-state index in [0.717, 1.165) is 15.3 Å². The first-order valence-corrected chi connectivity index (χ1v) is 10.1. The van der Waals surface area contributed by atoms with E-state index in [1.54, 1.807) is 18.4 Å². The Labute approximate surface area is 145 Å². The molecule has 0 spiro atoms. The number of hydrogen-bond acceptors (Lipinski definition) is 4. The summed E-state index contributed by atoms with van der Waals surface area (Å²) >= 11 is 7.68. The van der Waals surface area contributed by atoms with Crippen molar-refractivity contribution < 1.29 is 4.21 Å². The third-order valence-electron chi connectivity index (χ3n) is 3.94. The van der Waals surface area contributed by atoms with Gasteiger partial charge in [-0.25, -0.2) is 9.20 Å². The van der Waals surface area contributed by atoms with Gasteiger partial charge in [-0.2, -0.15) is 0 Å². The van der Waals surface area contributed by atoms with Crippen molar-refractivity contribution in [3.8, 4) is 10.4 Å². The molecule has 1 aromatic heterocycles. The van der Waals surface area contributed by atoms with Crippen LogP contribution in [0, 0.1) is 0 Å². The van der Waals surface area contributed by atoms with E-state index < -0.39 is 15.2 Å². The molecule has 23 heavy (non-hydrogen) atoms. The highest BCUT2D eigenvalue weighted by Gasteiger charge is 2.37. The molecule has 4 nitrogen and oxygen atoms in total. The second kappa shape index (κ2) is 5.54. The fourth-order valence-corrected chi connectivity index (χ4v) is 5.66. The van der Waals surface area contributed by atoms with Gasteiger partial charge >= 0.3 is 0 Å². The van der Waals surface area contributed by atoms with Crippen LogP contribution in [0.5, 0.6) is 0 Å². The van der Waals surface area contributed by atoms with Crippen molar-refractivity contribution in [1.82, 2.24) is 4.31 Å². The summed E-state index contributed by atoms with van der Waals surface area (Å²) < 4.78 is 14.2. The van der Waals surface area contributed by atoms with Crippen molar-refractivity contribution in [3.63, 3.8) is 0 Å². The number of benzene rings is 1. The molecule has 2 atom stereocenters. The molecule has 1 aromatic carbocycles. The summed E-state index contributed by atoms with van der Waals surface area (Å²) in [5, 5.41) is 0.700. The lowest BCUT2D eigenvalue weighted by Gasteiger charge is -2.36. The molecule has 7 heteroatoms. The van der Waals surface area contributed by atoms with E-state index in [-0.39, 0.29) is 5.96 Å². The predicted octanol–water partition coefficient (Wildman–Crippen LogP) is 3.18. The summed E-state index contributed by atoms with van der Waals surface area (Å²) in [5.41, 5.74) is 6.37. The van der Waals surface area contributed by atoms with E-state index in [1.807, 2.05) is 43.3 Å². The van der Waals surface area contributed by atoms with Gasteiger partial charge in [-0.15, -0.1) is 11.3 Å². The predicted molar refractivity (Wildman–Crippen MR) is 102 cm³/mol. The van der Waals surface area contributed by atoms with Gasteiger partial charge in [-0.1, -0.05) is 23.7 Å². The quantitative estimate of drug-likeness (QED) is 0.829. The number of hydrogen-bond donors (Lipinski definition) is 1. The molecule has 122 valence electrons. The van der Waals surface area contributed by atoms with E-state index in [2.05, 4.69) is 10.9 Å². The molecule has 0 fully saturated rings. The van der Waals surface area contributed by atoms with Crippen LogP contribution < -0.4 is 5.73 Å². The van der Waals surface area contributed by atoms with Crippen LogP contribution in [0.2, 0.25) is 5.02 Å². The zero-order chi connectivity index (χ0) is 16.8. The lowest BCUT2D eigenvalue weighted by molar-refractivity contribution is 0.522. The van der Waals surface area contributed by atoms with Crippen LogP contribution in [0.15, 0.2) is 41.4 Å². The van der Waals surface area contributed by atoms with Gasteiger partial charge in [0, 0.05) is 21.8 Å². The molecule has 0 bridgehead atoms. The Hall–Kier alpha value is -1.50. The van der Waals surface area contributed by atoms with Crippen molar-refractivity contribution >= 4 is 44.5 Å². The van der Waals surface area contributed by atoms with Crippen LogP contribution in [-0.2, 0) is 15.2 Å². The van der Waals surface area contributed by atoms with Gasteiger partial charge in [0.05, 0.1) is 15.5 Å². The second-order valence-corrected chi connectivity index (χ2v) is 9.73. The summed E-state index contributed by atoms with van der Waals surface area (Å²) in [4.78, 5) is 6.67. The molecule has 2 N–H and O–H groups in total. The Kier molecular flexibility index (Phi) is 3.94. The summed E-state index contributed by atoms with van der Waals surface area (Å²) in [5.74, 6) is 4.44. The topological polar surface area (TPSA) is 58.7 Å². The minimum atomic E-state index is -2.47. The minimum absolute atomic E-state index is 0.261. The summed E-state index contributed by atoms with van der Waals surface area (Å²) in [6.45, 7) is 1.95. The molecule has 1 aliphatic heterocycles. The highest BCUT2D eigenvalue weighted by molar-refractivity contribution is 7.98. The molecule has 0 amide bonds. The Balaban J connectivity index is 2.03. The maximum atomic E-state index is 12.7. The SMILES string of the molecule is C=S1(=O)C[C@@](C)(c2ccc(-c3cccc(Cl)c3)s2)N=C(N)N1C. The molecule has 2 heterocycles. The van der Waals surface area contributed by atoms with Gasteiger partial charge in [-0.05, 0) is 42.6 Å². The van der Waals surface area contributed by atoms with Crippen LogP contribution in [0.4, 0.5) is 0 Å². The van der Waals surface area contributed by atoms with Gasteiger partial charge in [0.15, 0.2) is 0 Å². The Bertz CT molecular complexity index is 888. The molecule has 0 radical (unpaired) electrons. The number of guanidine groups is 1. The third kappa shape index (κ3) is 2.98. The van der Waals surface area contributed by atoms with Crippen LogP contribution >= 0.6 is 22.9 Å². The second-order valence-electron chi connectivity index (χ2n) is 5.83. The van der Waals surface area contributed by atoms with Gasteiger partial charge in [0.1, 0.15) is 5.54 Å². The first-order valence-electron chi connectivity index (χ1n) is 7.02. The summed E-state index contributed by atoms with van der Waals surface area (Å²) in [6, 6.07) is 11.8. The molecular formula is C16H18ClN3OS2. The van der Waals surface area contributed by atoms with Crippen molar-refractivity contribution in [2.75, 3.05) is 12.8 Å². The van der Waals surface area contributed by atoms with Crippen molar-refractivity contribution in [1.29, 1.82) is 0 Å². The molecular weight excluding hydrogens is 350 g/mol. The highest BCUT2D eigenvalue weighted by atomic mass is 35.5. The normalized spacial score (nSPS) is 27.8. The number of thiophene rings is 1. The average molecular weight is 368 g/mol. The molecule has 2 aromatic rings. The van der Waals surface area contributed by atoms with E-state index in [4.69, 9.17) is 17.3 Å². The molecule has 1 aliphatic rings. The van der Waals surface area contributed by atoms with Crippen molar-refractivity contribution in [2.45, 2.75) is 12.5 Å². The Morgan fingerprint density at radius 1 is 1.43 bits per heavy atom. The fourth-order valence-electron chi connectivity index (χ4n) is 2.61. The molecule has 0 saturated heterocycles. The lowest BCUT2D eigenvalue weighted by atomic mass is 10.0. The fraction of sp³-hybridized carbons (Fsp3) is 0.250. The van der Waals surface area contributed by atoms with Crippen LogP contribution in [0.25, 0.3) is 10.4 Å². The maximum absolute atomic E-state index is 12.7. The van der Waals surface area contributed by atoms with Gasteiger partial charge < -0.3 is 5.73 Å². The van der Waals surface area contributed by atoms with E-state index in [1.165, 1.54) is 4.31 Å². The molecule has 3 rings (SSSR count). The van der Waals surface area contributed by atoms with Crippen LogP contribution in [0.1, 0.15) is 11.8 Å². The van der Waals surface area contributed by atoms with E-state index in [9.17, 15) is 4.21 Å². The molecule has 0 aliphatic carbocycles. The van der Waals surface area contributed by atoms with Gasteiger partial charge in [0.25, 0.3) is 0 Å². The standard InChI is InChI=1S/C16H18ClN3OS2/c1-16(10-23(3,21)20(2)15(18)19-16)14-8-7-13(22-14)11-5-4-6-12(17)9-11/h4-9H,3,10H2,1-2H3,(H2,18,19)/t16-,23?/m0/s1. The van der Waals surface area contributed by atoms with Crippen LogP contribution in [0.3, 0.4) is 0 Å². The number of nitrogens with zero attached hydrogens (tertiary/aromatic N) is 2. The molecule has 1 unspecified atom stereocenters. The van der Waals surface area contributed by atoms with Crippen LogP contribution in [-0.4, -0.2) is 33.1 Å². The van der Waals surface area contributed by atoms with Crippen molar-refractivity contribution in [3.05, 3.63) is 46.3 Å². The number of nitrogens with two attached hydrogens (primary N) is 1. The van der Waals surface area contributed by atoms with E-state index >= 15 is 0 Å². The van der Waals surface area contributed by atoms with Crippen molar-refractivity contribution in [2.24, 2.45) is 10.7 Å². The first kappa shape index (κ1) is 16.4. The average Bonchev–Trinajstić information content (AvgIpc) is 2.95. The zero-order valence-corrected chi connectivity index (χ0v) is 15.3. The number of rotatable bonds is 2. The summed E-state index contributed by atoms with van der Waals surface area (Å²) in [6.07, 6.45) is 0. The van der Waals surface area contributed by atoms with Gasteiger partial charge in [0.2, 0.25) is 5.96 Å². The molecule has 0 saturated carbocycles. The highest BCUT2D eigenvalue weighted by Crippen LogP contribution is 2.39.